The Morgan fingerprint density at radius 3 is 2.44 bits per heavy atom. The predicted octanol–water partition coefficient (Wildman–Crippen LogP) is 1.15. The first-order valence-corrected chi connectivity index (χ1v) is 5.41. The Hall–Kier alpha value is -1.82. The quantitative estimate of drug-likeness (QED) is 0.466. The van der Waals surface area contributed by atoms with E-state index in [1.54, 1.807) is 0 Å². The molecule has 8 heteroatoms. The molecule has 0 heterocycles. The standard InChI is InChI=1S/C10H13F2N3O3/c11-10(12)3-1-6(2-4-10)8(18-9(13)17)7(16)5-15-14/h5-6,8H,1-4H2,(H2,13,17). The number of alkyl halides is 2. The van der Waals surface area contributed by atoms with Gasteiger partial charge in [-0.25, -0.2) is 13.6 Å². The summed E-state index contributed by atoms with van der Waals surface area (Å²) < 4.78 is 30.6. The van der Waals surface area contributed by atoms with Crippen LogP contribution >= 0.6 is 0 Å². The minimum Gasteiger partial charge on any atom is -0.437 e. The van der Waals surface area contributed by atoms with Gasteiger partial charge in [-0.3, -0.25) is 4.79 Å². The van der Waals surface area contributed by atoms with Crippen LogP contribution in [0.2, 0.25) is 0 Å². The van der Waals surface area contributed by atoms with Crippen LogP contribution in [-0.2, 0) is 9.53 Å². The molecule has 1 aliphatic carbocycles. The first-order valence-electron chi connectivity index (χ1n) is 5.41. The summed E-state index contributed by atoms with van der Waals surface area (Å²) in [6.45, 7) is 0. The van der Waals surface area contributed by atoms with Crippen LogP contribution in [-0.4, -0.2) is 34.9 Å². The number of halogens is 2. The van der Waals surface area contributed by atoms with Crippen LogP contribution in [0.4, 0.5) is 13.6 Å². The third-order valence-electron chi connectivity index (χ3n) is 2.90. The molecule has 0 radical (unpaired) electrons. The summed E-state index contributed by atoms with van der Waals surface area (Å²) >= 11 is 0. The van der Waals surface area contributed by atoms with Crippen molar-refractivity contribution in [3.8, 4) is 0 Å². The SMILES string of the molecule is [N-]=[N+]=CC(=O)C(OC(N)=O)C1CCC(F)(F)CC1. The number of nitrogens with zero attached hydrogens (tertiary/aromatic N) is 2. The van der Waals surface area contributed by atoms with E-state index in [0.717, 1.165) is 0 Å². The summed E-state index contributed by atoms with van der Waals surface area (Å²) in [6, 6.07) is 0. The van der Waals surface area contributed by atoms with Crippen LogP contribution in [0.5, 0.6) is 0 Å². The maximum absolute atomic E-state index is 13.0. The van der Waals surface area contributed by atoms with Crippen molar-refractivity contribution in [2.75, 3.05) is 0 Å². The second-order valence-corrected chi connectivity index (χ2v) is 4.20. The molecule has 1 aliphatic rings. The number of carbonyl (C=O) groups excluding carboxylic acids is 2. The van der Waals surface area contributed by atoms with Crippen molar-refractivity contribution in [2.24, 2.45) is 11.7 Å². The number of hydrogen-bond donors (Lipinski definition) is 1. The number of carbonyl (C=O) groups is 2. The van der Waals surface area contributed by atoms with Gasteiger partial charge in [0, 0.05) is 18.8 Å². The van der Waals surface area contributed by atoms with Crippen molar-refractivity contribution in [2.45, 2.75) is 37.7 Å². The zero-order valence-corrected chi connectivity index (χ0v) is 9.51. The summed E-state index contributed by atoms with van der Waals surface area (Å²) in [4.78, 5) is 24.7. The van der Waals surface area contributed by atoms with Gasteiger partial charge in [-0.05, 0) is 12.8 Å². The summed E-state index contributed by atoms with van der Waals surface area (Å²) in [5.74, 6) is -4.06. The Morgan fingerprint density at radius 2 is 2.00 bits per heavy atom. The molecule has 0 bridgehead atoms. The minimum atomic E-state index is -2.75. The molecule has 0 aromatic carbocycles. The van der Waals surface area contributed by atoms with Gasteiger partial charge in [0.15, 0.2) is 6.10 Å². The Balaban J connectivity index is 2.75. The summed E-state index contributed by atoms with van der Waals surface area (Å²) in [5, 5.41) is 0. The smallest absolute Gasteiger partial charge is 0.405 e. The average molecular weight is 261 g/mol. The Morgan fingerprint density at radius 1 is 1.44 bits per heavy atom. The molecular weight excluding hydrogens is 248 g/mol. The Labute approximate surface area is 102 Å². The molecule has 18 heavy (non-hydrogen) atoms. The molecule has 2 N–H and O–H groups in total. The van der Waals surface area contributed by atoms with Crippen molar-refractivity contribution < 1.29 is 27.9 Å². The maximum atomic E-state index is 13.0. The highest BCUT2D eigenvalue weighted by Gasteiger charge is 2.41. The number of ketones is 1. The van der Waals surface area contributed by atoms with E-state index >= 15 is 0 Å². The highest BCUT2D eigenvalue weighted by Crippen LogP contribution is 2.38. The van der Waals surface area contributed by atoms with Crippen molar-refractivity contribution in [1.82, 2.24) is 0 Å². The Bertz CT molecular complexity index is 384. The Kier molecular flexibility index (Phi) is 4.49. The molecule has 1 amide bonds. The molecule has 1 atom stereocenters. The second-order valence-electron chi connectivity index (χ2n) is 4.20. The van der Waals surface area contributed by atoms with E-state index in [2.05, 4.69) is 9.53 Å². The lowest BCUT2D eigenvalue weighted by Gasteiger charge is -2.31. The number of ether oxygens (including phenoxy) is 1. The number of nitrogens with two attached hydrogens (primary N) is 1. The maximum Gasteiger partial charge on any atom is 0.405 e. The van der Waals surface area contributed by atoms with E-state index in [0.29, 0.717) is 6.21 Å². The van der Waals surface area contributed by atoms with Crippen LogP contribution in [0.3, 0.4) is 0 Å². The first kappa shape index (κ1) is 14.2. The predicted molar refractivity (Wildman–Crippen MR) is 56.1 cm³/mol. The third kappa shape index (κ3) is 3.89. The molecule has 1 unspecified atom stereocenters. The molecule has 0 aromatic rings. The summed E-state index contributed by atoms with van der Waals surface area (Å²) in [5.41, 5.74) is 13.1. The van der Waals surface area contributed by atoms with E-state index in [9.17, 15) is 18.4 Å². The fraction of sp³-hybridized carbons (Fsp3) is 0.700. The highest BCUT2D eigenvalue weighted by molar-refractivity contribution is 6.27. The van der Waals surface area contributed by atoms with Gasteiger partial charge in [0.05, 0.1) is 0 Å². The van der Waals surface area contributed by atoms with Crippen molar-refractivity contribution in [3.05, 3.63) is 5.53 Å². The molecule has 1 rings (SSSR count). The first-order chi connectivity index (χ1) is 8.35. The lowest BCUT2D eigenvalue weighted by atomic mass is 9.82. The molecular formula is C10H13F2N3O3. The van der Waals surface area contributed by atoms with Gasteiger partial charge < -0.3 is 16.0 Å². The zero-order valence-electron chi connectivity index (χ0n) is 9.51. The van der Waals surface area contributed by atoms with E-state index in [-0.39, 0.29) is 25.7 Å². The molecule has 0 aliphatic heterocycles. The van der Waals surface area contributed by atoms with Crippen LogP contribution in [0.25, 0.3) is 5.53 Å². The fourth-order valence-electron chi connectivity index (χ4n) is 2.01. The largest absolute Gasteiger partial charge is 0.437 e. The molecule has 100 valence electrons. The van der Waals surface area contributed by atoms with Gasteiger partial charge in [0.1, 0.15) is 0 Å². The van der Waals surface area contributed by atoms with Crippen LogP contribution in [0.1, 0.15) is 25.7 Å². The van der Waals surface area contributed by atoms with Gasteiger partial charge in [-0.2, -0.15) is 4.79 Å². The number of primary amides is 1. The average Bonchev–Trinajstić information content (AvgIpc) is 2.26. The van der Waals surface area contributed by atoms with Crippen LogP contribution in [0.15, 0.2) is 0 Å². The van der Waals surface area contributed by atoms with Gasteiger partial charge in [0.25, 0.3) is 5.78 Å². The zero-order chi connectivity index (χ0) is 13.8. The van der Waals surface area contributed by atoms with Crippen molar-refractivity contribution >= 4 is 18.1 Å². The molecule has 6 nitrogen and oxygen atoms in total. The van der Waals surface area contributed by atoms with Crippen LogP contribution < -0.4 is 5.73 Å². The lowest BCUT2D eigenvalue weighted by molar-refractivity contribution is -0.129. The molecule has 0 saturated heterocycles. The number of Topliss-reactive ketones (excluding diaryl/α,β-unsaturated/α-hetero) is 1. The van der Waals surface area contributed by atoms with Gasteiger partial charge in [-0.1, -0.05) is 0 Å². The molecule has 1 saturated carbocycles. The third-order valence-corrected chi connectivity index (χ3v) is 2.90. The van der Waals surface area contributed by atoms with Crippen molar-refractivity contribution in [1.29, 1.82) is 0 Å². The summed E-state index contributed by atoms with van der Waals surface area (Å²) in [6.07, 6.45) is -2.54. The van der Waals surface area contributed by atoms with Gasteiger partial charge >= 0.3 is 12.3 Å². The van der Waals surface area contributed by atoms with E-state index in [1.807, 2.05) is 0 Å². The monoisotopic (exact) mass is 261 g/mol. The lowest BCUT2D eigenvalue weighted by Crippen LogP contribution is -2.40. The van der Waals surface area contributed by atoms with E-state index in [1.165, 1.54) is 0 Å². The molecule has 1 fully saturated rings. The highest BCUT2D eigenvalue weighted by atomic mass is 19.3. The van der Waals surface area contributed by atoms with E-state index in [4.69, 9.17) is 11.3 Å². The van der Waals surface area contributed by atoms with Crippen LogP contribution in [0, 0.1) is 5.92 Å². The number of hydrogen-bond acceptors (Lipinski definition) is 3. The fourth-order valence-corrected chi connectivity index (χ4v) is 2.01. The van der Waals surface area contributed by atoms with Gasteiger partial charge in [-0.15, -0.1) is 0 Å². The minimum absolute atomic E-state index is 0.0377. The topological polar surface area (TPSA) is 106 Å². The number of rotatable bonds is 4. The molecule has 0 spiro atoms. The van der Waals surface area contributed by atoms with Gasteiger partial charge in [0.2, 0.25) is 5.92 Å². The second kappa shape index (κ2) is 5.68. The molecule has 0 aromatic heterocycles. The van der Waals surface area contributed by atoms with Crippen molar-refractivity contribution in [3.63, 3.8) is 0 Å². The normalized spacial score (nSPS) is 20.6. The van der Waals surface area contributed by atoms with E-state index < -0.39 is 29.8 Å². The number of amides is 1. The summed E-state index contributed by atoms with van der Waals surface area (Å²) in [7, 11) is 0.